The second-order valence-corrected chi connectivity index (χ2v) is 5.24. The van der Waals surface area contributed by atoms with Gasteiger partial charge in [-0.2, -0.15) is 0 Å². The maximum absolute atomic E-state index is 12.1. The van der Waals surface area contributed by atoms with Gasteiger partial charge >= 0.3 is 0 Å². The van der Waals surface area contributed by atoms with Crippen LogP contribution in [0.4, 0.5) is 10.9 Å². The Balaban J connectivity index is 2.06. The molecule has 0 aliphatic carbocycles. The van der Waals surface area contributed by atoms with Gasteiger partial charge < -0.3 is 20.5 Å². The molecule has 0 radical (unpaired) electrons. The second-order valence-electron chi connectivity index (χ2n) is 4.27. The molecular weight excluding hydrogens is 278 g/mol. The fourth-order valence-electron chi connectivity index (χ4n) is 1.49. The van der Waals surface area contributed by atoms with Gasteiger partial charge in [-0.25, -0.2) is 4.98 Å². The van der Waals surface area contributed by atoms with E-state index in [0.717, 1.165) is 11.7 Å². The summed E-state index contributed by atoms with van der Waals surface area (Å²) in [6.45, 7) is 3.10. The zero-order chi connectivity index (χ0) is 14.7. The van der Waals surface area contributed by atoms with Gasteiger partial charge in [-0.05, 0) is 6.92 Å². The summed E-state index contributed by atoms with van der Waals surface area (Å²) in [6.07, 6.45) is 1.58. The average Bonchev–Trinajstić information content (AvgIpc) is 3.01. The smallest absolute Gasteiger partial charge is 0.265 e. The van der Waals surface area contributed by atoms with Crippen LogP contribution < -0.4 is 16.0 Å². The van der Waals surface area contributed by atoms with Crippen molar-refractivity contribution >= 4 is 28.2 Å². The zero-order valence-electron chi connectivity index (χ0n) is 11.6. The summed E-state index contributed by atoms with van der Waals surface area (Å²) in [5, 5.41) is 11.1. The predicted molar refractivity (Wildman–Crippen MR) is 77.6 cm³/mol. The number of nitrogens with one attached hydrogen (secondary N) is 1. The van der Waals surface area contributed by atoms with E-state index in [0.29, 0.717) is 17.2 Å². The highest BCUT2D eigenvalue weighted by Crippen LogP contribution is 2.27. The highest BCUT2D eigenvalue weighted by atomic mass is 32.1. The molecule has 2 aromatic heterocycles. The molecule has 0 saturated carbocycles. The Morgan fingerprint density at radius 3 is 2.95 bits per heavy atom. The molecule has 2 rings (SSSR count). The molecule has 3 N–H and O–H groups in total. The topological polar surface area (TPSA) is 102 Å². The number of amides is 1. The summed E-state index contributed by atoms with van der Waals surface area (Å²) in [6, 6.07) is 0. The standard InChI is InChI=1S/C11H17N7OS/c1-4-17(2)11-15-9(12)8(20-11)10(19)13-5-7-16-14-6-18(7)3/h6H,4-5,12H2,1-3H3,(H,13,19). The molecule has 0 atom stereocenters. The zero-order valence-corrected chi connectivity index (χ0v) is 12.4. The second kappa shape index (κ2) is 5.87. The van der Waals surface area contributed by atoms with Crippen LogP contribution in [0.2, 0.25) is 0 Å². The number of nitrogen functional groups attached to an aromatic ring is 1. The van der Waals surface area contributed by atoms with Crippen molar-refractivity contribution < 1.29 is 4.79 Å². The Labute approximate surface area is 120 Å². The molecule has 9 heteroatoms. The highest BCUT2D eigenvalue weighted by Gasteiger charge is 2.18. The molecule has 108 valence electrons. The van der Waals surface area contributed by atoms with Crippen molar-refractivity contribution in [1.29, 1.82) is 0 Å². The molecule has 2 heterocycles. The Bertz CT molecular complexity index is 606. The van der Waals surface area contributed by atoms with E-state index in [1.165, 1.54) is 11.3 Å². The summed E-state index contributed by atoms with van der Waals surface area (Å²) in [5.41, 5.74) is 5.79. The van der Waals surface area contributed by atoms with Gasteiger partial charge in [-0.1, -0.05) is 11.3 Å². The van der Waals surface area contributed by atoms with Gasteiger partial charge in [0.2, 0.25) is 0 Å². The first-order valence-electron chi connectivity index (χ1n) is 6.11. The molecule has 0 aliphatic rings. The van der Waals surface area contributed by atoms with Crippen LogP contribution in [0.3, 0.4) is 0 Å². The van der Waals surface area contributed by atoms with E-state index < -0.39 is 0 Å². The van der Waals surface area contributed by atoms with Crippen LogP contribution in [0.5, 0.6) is 0 Å². The Morgan fingerprint density at radius 2 is 2.35 bits per heavy atom. The number of nitrogens with zero attached hydrogens (tertiary/aromatic N) is 5. The molecule has 0 unspecified atom stereocenters. The van der Waals surface area contributed by atoms with Crippen LogP contribution in [0.25, 0.3) is 0 Å². The number of aromatic nitrogens is 4. The number of aryl methyl sites for hydroxylation is 1. The fourth-order valence-corrected chi connectivity index (χ4v) is 2.41. The van der Waals surface area contributed by atoms with E-state index in [1.807, 2.05) is 25.9 Å². The van der Waals surface area contributed by atoms with Gasteiger partial charge in [-0.3, -0.25) is 4.79 Å². The van der Waals surface area contributed by atoms with E-state index in [2.05, 4.69) is 20.5 Å². The normalized spacial score (nSPS) is 10.6. The van der Waals surface area contributed by atoms with Crippen molar-refractivity contribution in [3.05, 3.63) is 17.0 Å². The molecular formula is C11H17N7OS. The molecule has 2 aromatic rings. The lowest BCUT2D eigenvalue weighted by Crippen LogP contribution is -2.24. The molecule has 0 bridgehead atoms. The quantitative estimate of drug-likeness (QED) is 0.819. The molecule has 0 aromatic carbocycles. The van der Waals surface area contributed by atoms with E-state index in [9.17, 15) is 4.79 Å². The Morgan fingerprint density at radius 1 is 1.60 bits per heavy atom. The van der Waals surface area contributed by atoms with Crippen LogP contribution in [0, 0.1) is 0 Å². The predicted octanol–water partition coefficient (Wildman–Crippen LogP) is 0.240. The number of hydrogen-bond acceptors (Lipinski definition) is 7. The summed E-state index contributed by atoms with van der Waals surface area (Å²) < 4.78 is 1.74. The first-order valence-corrected chi connectivity index (χ1v) is 6.93. The lowest BCUT2D eigenvalue weighted by Gasteiger charge is -2.10. The minimum Gasteiger partial charge on any atom is -0.382 e. The number of nitrogens with two attached hydrogens (primary N) is 1. The lowest BCUT2D eigenvalue weighted by molar-refractivity contribution is 0.0954. The third-order valence-electron chi connectivity index (χ3n) is 2.86. The average molecular weight is 295 g/mol. The molecule has 0 aliphatic heterocycles. The summed E-state index contributed by atoms with van der Waals surface area (Å²) in [7, 11) is 3.72. The number of thiazole rings is 1. The van der Waals surface area contributed by atoms with Crippen molar-refractivity contribution in [2.45, 2.75) is 13.5 Å². The summed E-state index contributed by atoms with van der Waals surface area (Å²) in [4.78, 5) is 18.6. The maximum Gasteiger partial charge on any atom is 0.265 e. The Kier molecular flexibility index (Phi) is 4.18. The first kappa shape index (κ1) is 14.3. The number of carbonyl (C=O) groups excluding carboxylic acids is 1. The first-order chi connectivity index (χ1) is 9.52. The van der Waals surface area contributed by atoms with Crippen molar-refractivity contribution in [1.82, 2.24) is 25.1 Å². The van der Waals surface area contributed by atoms with Crippen molar-refractivity contribution in [2.24, 2.45) is 7.05 Å². The van der Waals surface area contributed by atoms with Gasteiger partial charge in [0.1, 0.15) is 17.0 Å². The van der Waals surface area contributed by atoms with Gasteiger partial charge in [-0.15, -0.1) is 10.2 Å². The molecule has 0 saturated heterocycles. The summed E-state index contributed by atoms with van der Waals surface area (Å²) in [5.74, 6) is 0.673. The van der Waals surface area contributed by atoms with Gasteiger partial charge in [0.05, 0.1) is 6.54 Å². The third-order valence-corrected chi connectivity index (χ3v) is 4.05. The largest absolute Gasteiger partial charge is 0.382 e. The van der Waals surface area contributed by atoms with E-state index in [4.69, 9.17) is 5.73 Å². The van der Waals surface area contributed by atoms with Crippen LogP contribution in [-0.4, -0.2) is 39.2 Å². The molecule has 1 amide bonds. The van der Waals surface area contributed by atoms with Crippen molar-refractivity contribution in [3.63, 3.8) is 0 Å². The SMILES string of the molecule is CCN(C)c1nc(N)c(C(=O)NCc2nncn2C)s1. The van der Waals surface area contributed by atoms with Crippen molar-refractivity contribution in [3.8, 4) is 0 Å². The summed E-state index contributed by atoms with van der Waals surface area (Å²) >= 11 is 1.28. The van der Waals surface area contributed by atoms with Crippen LogP contribution >= 0.6 is 11.3 Å². The van der Waals surface area contributed by atoms with Crippen LogP contribution in [0.1, 0.15) is 22.4 Å². The fraction of sp³-hybridized carbons (Fsp3) is 0.455. The maximum atomic E-state index is 12.1. The molecule has 0 fully saturated rings. The molecule has 0 spiro atoms. The van der Waals surface area contributed by atoms with E-state index in [-0.39, 0.29) is 11.7 Å². The minimum atomic E-state index is -0.251. The number of anilines is 2. The van der Waals surface area contributed by atoms with Crippen LogP contribution in [-0.2, 0) is 13.6 Å². The molecule has 8 nitrogen and oxygen atoms in total. The van der Waals surface area contributed by atoms with Gasteiger partial charge in [0.15, 0.2) is 11.0 Å². The number of hydrogen-bond donors (Lipinski definition) is 2. The number of rotatable bonds is 5. The van der Waals surface area contributed by atoms with Gasteiger partial charge in [0, 0.05) is 20.6 Å². The monoisotopic (exact) mass is 295 g/mol. The van der Waals surface area contributed by atoms with Crippen LogP contribution in [0.15, 0.2) is 6.33 Å². The molecule has 20 heavy (non-hydrogen) atoms. The van der Waals surface area contributed by atoms with Gasteiger partial charge in [0.25, 0.3) is 5.91 Å². The number of carbonyl (C=O) groups is 1. The van der Waals surface area contributed by atoms with E-state index >= 15 is 0 Å². The highest BCUT2D eigenvalue weighted by molar-refractivity contribution is 7.18. The lowest BCUT2D eigenvalue weighted by atomic mass is 10.4. The Hall–Kier alpha value is -2.16. The third kappa shape index (κ3) is 2.87. The van der Waals surface area contributed by atoms with E-state index in [1.54, 1.807) is 10.9 Å². The van der Waals surface area contributed by atoms with Crippen molar-refractivity contribution in [2.75, 3.05) is 24.2 Å². The minimum absolute atomic E-state index is 0.251.